The first-order valence-electron chi connectivity index (χ1n) is 11.2. The van der Waals surface area contributed by atoms with Crippen LogP contribution in [0.1, 0.15) is 52.6 Å². The molecular formula is C26H22F4N2O5. The van der Waals surface area contributed by atoms with Crippen LogP contribution in [-0.2, 0) is 0 Å². The predicted octanol–water partition coefficient (Wildman–Crippen LogP) is 6.50. The Morgan fingerprint density at radius 2 is 1.76 bits per heavy atom. The van der Waals surface area contributed by atoms with Gasteiger partial charge in [-0.2, -0.15) is 0 Å². The summed E-state index contributed by atoms with van der Waals surface area (Å²) in [5.41, 5.74) is 0.684. The Hall–Kier alpha value is -4.15. The number of rotatable bonds is 8. The van der Waals surface area contributed by atoms with Crippen molar-refractivity contribution in [2.45, 2.75) is 32.5 Å². The number of methoxy groups -OCH3 is 1. The Balaban J connectivity index is 1.66. The molecule has 0 bridgehead atoms. The zero-order chi connectivity index (χ0) is 26.9. The van der Waals surface area contributed by atoms with Crippen LogP contribution in [-0.4, -0.2) is 30.1 Å². The summed E-state index contributed by atoms with van der Waals surface area (Å²) < 4.78 is 66.7. The molecule has 1 aliphatic rings. The first kappa shape index (κ1) is 25.9. The van der Waals surface area contributed by atoms with Gasteiger partial charge in [-0.15, -0.1) is 13.2 Å². The van der Waals surface area contributed by atoms with E-state index < -0.39 is 29.6 Å². The third-order valence-corrected chi connectivity index (χ3v) is 5.81. The van der Waals surface area contributed by atoms with E-state index in [1.165, 1.54) is 38.4 Å². The summed E-state index contributed by atoms with van der Waals surface area (Å²) in [5.74, 6) is -1.75. The van der Waals surface area contributed by atoms with Crippen LogP contribution in [0, 0.1) is 11.7 Å². The van der Waals surface area contributed by atoms with Gasteiger partial charge in [0, 0.05) is 35.6 Å². The topological polar surface area (TPSA) is 86.8 Å². The monoisotopic (exact) mass is 518 g/mol. The van der Waals surface area contributed by atoms with Crippen molar-refractivity contribution in [3.05, 3.63) is 71.3 Å². The molecular weight excluding hydrogens is 496 g/mol. The summed E-state index contributed by atoms with van der Waals surface area (Å²) in [4.78, 5) is 29.2. The molecule has 7 nitrogen and oxygen atoms in total. The average Bonchev–Trinajstić information content (AvgIpc) is 3.56. The Morgan fingerprint density at radius 1 is 1.03 bits per heavy atom. The van der Waals surface area contributed by atoms with Gasteiger partial charge in [0.25, 0.3) is 5.91 Å². The van der Waals surface area contributed by atoms with Crippen LogP contribution in [0.5, 0.6) is 23.0 Å². The predicted molar refractivity (Wildman–Crippen MR) is 125 cm³/mol. The lowest BCUT2D eigenvalue weighted by Gasteiger charge is -2.16. The molecule has 1 fully saturated rings. The third kappa shape index (κ3) is 6.16. The molecule has 1 saturated carbocycles. The number of Topliss-reactive ketones (excluding diaryl/α,β-unsaturated/α-hetero) is 1. The maximum Gasteiger partial charge on any atom is 0.573 e. The van der Waals surface area contributed by atoms with E-state index in [9.17, 15) is 27.2 Å². The number of amides is 1. The highest BCUT2D eigenvalue weighted by Crippen LogP contribution is 2.47. The summed E-state index contributed by atoms with van der Waals surface area (Å²) >= 11 is 0. The van der Waals surface area contributed by atoms with E-state index in [0.29, 0.717) is 11.6 Å². The quantitative estimate of drug-likeness (QED) is 0.271. The smallest absolute Gasteiger partial charge is 0.493 e. The van der Waals surface area contributed by atoms with Crippen LogP contribution in [0.15, 0.2) is 48.7 Å². The molecule has 2 atom stereocenters. The van der Waals surface area contributed by atoms with Crippen molar-refractivity contribution in [3.8, 4) is 23.0 Å². The zero-order valence-electron chi connectivity index (χ0n) is 20.0. The summed E-state index contributed by atoms with van der Waals surface area (Å²) in [7, 11) is 1.25. The summed E-state index contributed by atoms with van der Waals surface area (Å²) in [6.45, 7) is 3.26. The van der Waals surface area contributed by atoms with Crippen LogP contribution in [0.4, 0.5) is 23.2 Å². The molecule has 2 aromatic carbocycles. The number of anilines is 1. The molecule has 0 saturated heterocycles. The minimum atomic E-state index is -4.89. The fourth-order valence-corrected chi connectivity index (χ4v) is 3.76. The van der Waals surface area contributed by atoms with Crippen LogP contribution in [0.3, 0.4) is 0 Å². The second kappa shape index (κ2) is 10.1. The molecule has 1 unspecified atom stereocenters. The first-order valence-corrected chi connectivity index (χ1v) is 11.2. The minimum Gasteiger partial charge on any atom is -0.493 e. The number of benzene rings is 2. The normalized spacial score (nSPS) is 16.6. The maximum absolute atomic E-state index is 13.9. The van der Waals surface area contributed by atoms with Crippen molar-refractivity contribution in [3.63, 3.8) is 0 Å². The lowest BCUT2D eigenvalue weighted by Crippen LogP contribution is -2.17. The third-order valence-electron chi connectivity index (χ3n) is 5.81. The number of nitrogens with zero attached hydrogens (tertiary/aromatic N) is 1. The van der Waals surface area contributed by atoms with Crippen molar-refractivity contribution in [2.24, 2.45) is 5.92 Å². The van der Waals surface area contributed by atoms with E-state index in [0.717, 1.165) is 24.6 Å². The first-order chi connectivity index (χ1) is 17.4. The second-order valence-electron chi connectivity index (χ2n) is 8.59. The number of pyridine rings is 1. The number of aromatic nitrogens is 1. The second-order valence-corrected chi connectivity index (χ2v) is 8.59. The van der Waals surface area contributed by atoms with Gasteiger partial charge in [-0.1, -0.05) is 6.92 Å². The van der Waals surface area contributed by atoms with E-state index in [1.54, 1.807) is 6.07 Å². The van der Waals surface area contributed by atoms with Gasteiger partial charge in [0.15, 0.2) is 17.3 Å². The lowest BCUT2D eigenvalue weighted by atomic mass is 10.1. The Bertz CT molecular complexity index is 1360. The molecule has 37 heavy (non-hydrogen) atoms. The molecule has 3 aromatic rings. The number of hydrogen-bond donors (Lipinski definition) is 1. The van der Waals surface area contributed by atoms with Gasteiger partial charge in [-0.05, 0) is 49.6 Å². The largest absolute Gasteiger partial charge is 0.573 e. The van der Waals surface area contributed by atoms with Gasteiger partial charge >= 0.3 is 6.36 Å². The van der Waals surface area contributed by atoms with Crippen LogP contribution < -0.4 is 19.5 Å². The molecule has 11 heteroatoms. The highest BCUT2D eigenvalue weighted by Gasteiger charge is 2.36. The molecule has 0 aliphatic heterocycles. The van der Waals surface area contributed by atoms with Gasteiger partial charge in [0.2, 0.25) is 0 Å². The van der Waals surface area contributed by atoms with Crippen molar-refractivity contribution in [2.75, 3.05) is 12.4 Å². The number of carbonyl (C=O) groups excluding carboxylic acids is 2. The molecule has 0 spiro atoms. The maximum atomic E-state index is 13.9. The molecule has 1 aromatic heterocycles. The van der Waals surface area contributed by atoms with Gasteiger partial charge in [-0.25, -0.2) is 4.39 Å². The fraction of sp³-hybridized carbons (Fsp3) is 0.269. The number of hydrogen-bond acceptors (Lipinski definition) is 6. The summed E-state index contributed by atoms with van der Waals surface area (Å²) in [5, 5.41) is 2.59. The fourth-order valence-electron chi connectivity index (χ4n) is 3.76. The Kier molecular flexibility index (Phi) is 7.06. The summed E-state index contributed by atoms with van der Waals surface area (Å²) in [6.07, 6.45) is -2.65. The van der Waals surface area contributed by atoms with Gasteiger partial charge in [0.05, 0.1) is 12.7 Å². The molecule has 1 heterocycles. The zero-order valence-corrected chi connectivity index (χ0v) is 20.0. The standard InChI is InChI=1S/C26H22F4N2O5/c1-13-8-17(13)21-11-23(36-22-7-5-16(10-24(22)35-3)37-26(28,29)30)19(12-31-21)25(34)32-15-4-6-20(27)18(9-15)14(2)33/h4-7,9-13,17H,8H2,1-3H3,(H,32,34)/t13-,17?/m0/s1. The van der Waals surface area contributed by atoms with E-state index in [4.69, 9.17) is 9.47 Å². The molecule has 1 aliphatic carbocycles. The number of nitrogens with one attached hydrogen (secondary N) is 1. The average molecular weight is 518 g/mol. The molecule has 1 amide bonds. The molecule has 0 radical (unpaired) electrons. The van der Waals surface area contributed by atoms with Crippen LogP contribution in [0.2, 0.25) is 0 Å². The minimum absolute atomic E-state index is 0.00317. The molecule has 1 N–H and O–H groups in total. The van der Waals surface area contributed by atoms with Gasteiger partial charge < -0.3 is 19.5 Å². The SMILES string of the molecule is COc1cc(OC(F)(F)F)ccc1Oc1cc(C2C[C@@H]2C)ncc1C(=O)Nc1ccc(F)c(C(C)=O)c1. The van der Waals surface area contributed by atoms with E-state index in [1.807, 2.05) is 0 Å². The lowest BCUT2D eigenvalue weighted by molar-refractivity contribution is -0.274. The van der Waals surface area contributed by atoms with Crippen LogP contribution in [0.25, 0.3) is 0 Å². The van der Waals surface area contributed by atoms with E-state index in [2.05, 4.69) is 22.0 Å². The highest BCUT2D eigenvalue weighted by molar-refractivity contribution is 6.06. The number of carbonyl (C=O) groups is 2. The number of ether oxygens (including phenoxy) is 3. The highest BCUT2D eigenvalue weighted by atomic mass is 19.4. The van der Waals surface area contributed by atoms with Crippen molar-refractivity contribution in [1.82, 2.24) is 4.98 Å². The Labute approximate surface area is 209 Å². The number of halogens is 4. The number of ketones is 1. The van der Waals surface area contributed by atoms with Crippen molar-refractivity contribution < 1.29 is 41.4 Å². The van der Waals surface area contributed by atoms with Crippen molar-refractivity contribution >= 4 is 17.4 Å². The number of alkyl halides is 3. The Morgan fingerprint density at radius 3 is 2.38 bits per heavy atom. The van der Waals surface area contributed by atoms with Crippen LogP contribution >= 0.6 is 0 Å². The van der Waals surface area contributed by atoms with Gasteiger partial charge in [0.1, 0.15) is 22.9 Å². The van der Waals surface area contributed by atoms with E-state index in [-0.39, 0.29) is 40.0 Å². The van der Waals surface area contributed by atoms with Crippen molar-refractivity contribution in [1.29, 1.82) is 0 Å². The van der Waals surface area contributed by atoms with Gasteiger partial charge in [-0.3, -0.25) is 14.6 Å². The molecule has 194 valence electrons. The van der Waals surface area contributed by atoms with E-state index >= 15 is 0 Å². The summed E-state index contributed by atoms with van der Waals surface area (Å²) in [6, 6.07) is 8.46. The molecule has 4 rings (SSSR count).